The van der Waals surface area contributed by atoms with Gasteiger partial charge in [0.15, 0.2) is 0 Å². The van der Waals surface area contributed by atoms with E-state index in [9.17, 15) is 4.79 Å². The van der Waals surface area contributed by atoms with E-state index >= 15 is 0 Å². The van der Waals surface area contributed by atoms with E-state index in [4.69, 9.17) is 4.74 Å². The third-order valence-corrected chi connectivity index (χ3v) is 2.92. The molecule has 0 saturated heterocycles. The fourth-order valence-corrected chi connectivity index (χ4v) is 2.19. The summed E-state index contributed by atoms with van der Waals surface area (Å²) in [5.74, 6) is 0.148. The Labute approximate surface area is 95.8 Å². The number of esters is 1. The lowest BCUT2D eigenvalue weighted by atomic mass is 9.89. The minimum absolute atomic E-state index is 0.106. The maximum Gasteiger partial charge on any atom is 0.306 e. The Morgan fingerprint density at radius 1 is 1.50 bits per heavy atom. The van der Waals surface area contributed by atoms with Gasteiger partial charge in [-0.3, -0.25) is 4.79 Å². The molecule has 1 heterocycles. The molecule has 86 valence electrons. The summed E-state index contributed by atoms with van der Waals surface area (Å²) in [5.41, 5.74) is 2.58. The number of hydrogen-bond acceptors (Lipinski definition) is 3. The van der Waals surface area contributed by atoms with Crippen LogP contribution in [0.5, 0.6) is 0 Å². The van der Waals surface area contributed by atoms with Crippen LogP contribution < -0.4 is 5.32 Å². The molecule has 1 aliphatic heterocycles. The number of ether oxygens (including phenoxy) is 1. The Balaban J connectivity index is 2.10. The highest BCUT2D eigenvalue weighted by molar-refractivity contribution is 5.70. The van der Waals surface area contributed by atoms with Gasteiger partial charge in [-0.25, -0.2) is 0 Å². The van der Waals surface area contributed by atoms with Crippen LogP contribution in [0.4, 0.5) is 0 Å². The van der Waals surface area contributed by atoms with Gasteiger partial charge in [-0.05, 0) is 18.1 Å². The van der Waals surface area contributed by atoms with Gasteiger partial charge in [0.25, 0.3) is 0 Å². The first-order chi connectivity index (χ1) is 7.81. The highest BCUT2D eigenvalue weighted by Crippen LogP contribution is 2.26. The summed E-state index contributed by atoms with van der Waals surface area (Å²) in [7, 11) is 0. The number of hydrogen-bond donors (Lipinski definition) is 1. The number of carbonyl (C=O) groups is 1. The Hall–Kier alpha value is -1.35. The maximum atomic E-state index is 11.5. The van der Waals surface area contributed by atoms with Crippen molar-refractivity contribution in [2.75, 3.05) is 13.2 Å². The van der Waals surface area contributed by atoms with Crippen molar-refractivity contribution in [2.24, 2.45) is 0 Å². The van der Waals surface area contributed by atoms with E-state index in [-0.39, 0.29) is 11.9 Å². The van der Waals surface area contributed by atoms with E-state index in [1.54, 1.807) is 0 Å². The van der Waals surface area contributed by atoms with E-state index in [2.05, 4.69) is 17.4 Å². The zero-order valence-electron chi connectivity index (χ0n) is 9.53. The van der Waals surface area contributed by atoms with Crippen LogP contribution in [0.3, 0.4) is 0 Å². The molecule has 0 bridgehead atoms. The van der Waals surface area contributed by atoms with Gasteiger partial charge in [0.2, 0.25) is 0 Å². The normalized spacial score (nSPS) is 18.9. The summed E-state index contributed by atoms with van der Waals surface area (Å²) in [4.78, 5) is 11.5. The van der Waals surface area contributed by atoms with Gasteiger partial charge in [-0.2, -0.15) is 0 Å². The van der Waals surface area contributed by atoms with Crippen molar-refractivity contribution in [2.45, 2.75) is 25.8 Å². The second kappa shape index (κ2) is 5.12. The van der Waals surface area contributed by atoms with Crippen LogP contribution in [0, 0.1) is 0 Å². The lowest BCUT2D eigenvalue weighted by molar-refractivity contribution is -0.143. The van der Waals surface area contributed by atoms with E-state index in [1.807, 2.05) is 19.1 Å². The second-order valence-electron chi connectivity index (χ2n) is 4.04. The zero-order valence-corrected chi connectivity index (χ0v) is 9.53. The largest absolute Gasteiger partial charge is 0.466 e. The SMILES string of the molecule is CCOC(=O)CC1CNCc2ccccc21. The molecule has 3 nitrogen and oxygen atoms in total. The highest BCUT2D eigenvalue weighted by atomic mass is 16.5. The molecule has 0 saturated carbocycles. The Morgan fingerprint density at radius 3 is 3.12 bits per heavy atom. The van der Waals surface area contributed by atoms with Crippen molar-refractivity contribution in [1.82, 2.24) is 5.32 Å². The number of fused-ring (bicyclic) bond motifs is 1. The first-order valence-electron chi connectivity index (χ1n) is 5.75. The first-order valence-corrected chi connectivity index (χ1v) is 5.75. The Kier molecular flexibility index (Phi) is 3.57. The van der Waals surface area contributed by atoms with Crippen LogP contribution in [-0.4, -0.2) is 19.1 Å². The third kappa shape index (κ3) is 2.42. The van der Waals surface area contributed by atoms with Crippen LogP contribution in [0.25, 0.3) is 0 Å². The monoisotopic (exact) mass is 219 g/mol. The lowest BCUT2D eigenvalue weighted by Crippen LogP contribution is -2.29. The van der Waals surface area contributed by atoms with E-state index in [1.165, 1.54) is 11.1 Å². The molecule has 0 radical (unpaired) electrons. The molecule has 0 amide bonds. The minimum atomic E-state index is -0.106. The van der Waals surface area contributed by atoms with Crippen molar-refractivity contribution in [1.29, 1.82) is 0 Å². The topological polar surface area (TPSA) is 38.3 Å². The van der Waals surface area contributed by atoms with Gasteiger partial charge in [-0.15, -0.1) is 0 Å². The van der Waals surface area contributed by atoms with E-state index in [0.717, 1.165) is 13.1 Å². The maximum absolute atomic E-state index is 11.5. The summed E-state index contributed by atoms with van der Waals surface area (Å²) >= 11 is 0. The molecule has 0 aliphatic carbocycles. The number of benzene rings is 1. The molecule has 0 aromatic heterocycles. The summed E-state index contributed by atoms with van der Waals surface area (Å²) in [6.45, 7) is 4.05. The minimum Gasteiger partial charge on any atom is -0.466 e. The Morgan fingerprint density at radius 2 is 2.31 bits per heavy atom. The standard InChI is InChI=1S/C13H17NO2/c1-2-16-13(15)7-11-9-14-8-10-5-3-4-6-12(10)11/h3-6,11,14H,2,7-9H2,1H3. The number of rotatable bonds is 3. The summed E-state index contributed by atoms with van der Waals surface area (Å²) in [6.07, 6.45) is 0.470. The molecule has 1 unspecified atom stereocenters. The first kappa shape index (κ1) is 11.1. The molecule has 1 N–H and O–H groups in total. The molecular weight excluding hydrogens is 202 g/mol. The summed E-state index contributed by atoms with van der Waals surface area (Å²) in [6, 6.07) is 8.29. The van der Waals surface area contributed by atoms with Crippen molar-refractivity contribution in [3.8, 4) is 0 Å². The zero-order chi connectivity index (χ0) is 11.4. The predicted molar refractivity (Wildman–Crippen MR) is 62.1 cm³/mol. The molecule has 0 fully saturated rings. The molecule has 1 atom stereocenters. The van der Waals surface area contributed by atoms with Crippen LogP contribution in [-0.2, 0) is 16.1 Å². The van der Waals surface area contributed by atoms with E-state index in [0.29, 0.717) is 13.0 Å². The highest BCUT2D eigenvalue weighted by Gasteiger charge is 2.22. The van der Waals surface area contributed by atoms with Crippen LogP contribution in [0.15, 0.2) is 24.3 Å². The van der Waals surface area contributed by atoms with Gasteiger partial charge in [-0.1, -0.05) is 24.3 Å². The Bertz CT molecular complexity index is 376. The molecule has 1 aliphatic rings. The number of carbonyl (C=O) groups excluding carboxylic acids is 1. The van der Waals surface area contributed by atoms with Crippen LogP contribution >= 0.6 is 0 Å². The molecule has 3 heteroatoms. The molecule has 16 heavy (non-hydrogen) atoms. The van der Waals surface area contributed by atoms with Gasteiger partial charge < -0.3 is 10.1 Å². The molecule has 1 aromatic rings. The fourth-order valence-electron chi connectivity index (χ4n) is 2.19. The third-order valence-electron chi connectivity index (χ3n) is 2.92. The van der Waals surface area contributed by atoms with E-state index < -0.39 is 0 Å². The fraction of sp³-hybridized carbons (Fsp3) is 0.462. The van der Waals surface area contributed by atoms with Gasteiger partial charge in [0.05, 0.1) is 13.0 Å². The second-order valence-corrected chi connectivity index (χ2v) is 4.04. The predicted octanol–water partition coefficient (Wildman–Crippen LogP) is 1.83. The van der Waals surface area contributed by atoms with Crippen molar-refractivity contribution >= 4 is 5.97 Å². The summed E-state index contributed by atoms with van der Waals surface area (Å²) < 4.78 is 4.99. The van der Waals surface area contributed by atoms with Crippen molar-refractivity contribution in [3.63, 3.8) is 0 Å². The van der Waals surface area contributed by atoms with Gasteiger partial charge in [0.1, 0.15) is 0 Å². The average molecular weight is 219 g/mol. The molecule has 0 spiro atoms. The molecule has 1 aromatic carbocycles. The smallest absolute Gasteiger partial charge is 0.306 e. The van der Waals surface area contributed by atoms with Crippen molar-refractivity contribution < 1.29 is 9.53 Å². The van der Waals surface area contributed by atoms with Gasteiger partial charge >= 0.3 is 5.97 Å². The number of nitrogens with one attached hydrogen (secondary N) is 1. The van der Waals surface area contributed by atoms with Crippen LogP contribution in [0.2, 0.25) is 0 Å². The average Bonchev–Trinajstić information content (AvgIpc) is 2.30. The quantitative estimate of drug-likeness (QED) is 0.788. The summed E-state index contributed by atoms with van der Waals surface area (Å²) in [5, 5.41) is 3.33. The lowest BCUT2D eigenvalue weighted by Gasteiger charge is -2.25. The van der Waals surface area contributed by atoms with Crippen molar-refractivity contribution in [3.05, 3.63) is 35.4 Å². The van der Waals surface area contributed by atoms with Crippen LogP contribution in [0.1, 0.15) is 30.4 Å². The molecule has 2 rings (SSSR count). The molecular formula is C13H17NO2. The van der Waals surface area contributed by atoms with Gasteiger partial charge in [0, 0.05) is 19.0 Å².